The van der Waals surface area contributed by atoms with Crippen molar-refractivity contribution in [1.29, 1.82) is 0 Å². The summed E-state index contributed by atoms with van der Waals surface area (Å²) < 4.78 is 5.34. The fourth-order valence-corrected chi connectivity index (χ4v) is 1.96. The minimum Gasteiger partial charge on any atom is -0.423 e. The van der Waals surface area contributed by atoms with Gasteiger partial charge in [-0.15, -0.1) is 0 Å². The summed E-state index contributed by atoms with van der Waals surface area (Å²) in [5, 5.41) is 8.22. The molecule has 3 rings (SSSR count). The molecule has 0 radical (unpaired) electrons. The second-order valence-corrected chi connectivity index (χ2v) is 5.15. The van der Waals surface area contributed by atoms with Crippen LogP contribution >= 0.6 is 0 Å². The zero-order chi connectivity index (χ0) is 16.8. The predicted molar refractivity (Wildman–Crippen MR) is 91.0 cm³/mol. The number of benzene rings is 2. The highest BCUT2D eigenvalue weighted by Crippen LogP contribution is 2.21. The predicted octanol–water partition coefficient (Wildman–Crippen LogP) is 5.02. The van der Waals surface area contributed by atoms with E-state index < -0.39 is 0 Å². The van der Waals surface area contributed by atoms with E-state index >= 15 is 0 Å². The normalized spacial score (nSPS) is 10.7. The number of nitrogens with zero attached hydrogens (tertiary/aromatic N) is 3. The average molecular weight is 317 g/mol. The molecule has 1 aromatic heterocycles. The smallest absolute Gasteiger partial charge is 0.343 e. The Labute approximate surface area is 139 Å². The summed E-state index contributed by atoms with van der Waals surface area (Å²) in [6.45, 7) is 1.97. The van der Waals surface area contributed by atoms with Crippen LogP contribution in [0.15, 0.2) is 83.3 Å². The summed E-state index contributed by atoms with van der Waals surface area (Å²) in [7, 11) is 0. The van der Waals surface area contributed by atoms with Crippen LogP contribution in [0.3, 0.4) is 0 Å². The van der Waals surface area contributed by atoms with Gasteiger partial charge in [-0.1, -0.05) is 17.7 Å². The molecule has 0 spiro atoms. The molecule has 0 saturated heterocycles. The number of pyridine rings is 1. The van der Waals surface area contributed by atoms with E-state index in [1.54, 1.807) is 60.9 Å². The molecule has 118 valence electrons. The fraction of sp³-hybridized carbons (Fsp3) is 0.0526. The minimum atomic E-state index is -0.388. The Kier molecular flexibility index (Phi) is 4.72. The summed E-state index contributed by atoms with van der Waals surface area (Å²) in [6.07, 6.45) is 3.31. The third-order valence-electron chi connectivity index (χ3n) is 3.28. The molecule has 5 heteroatoms. The standard InChI is InChI=1S/C19H15N3O2/c1-14-2-4-15(5-3-14)19(23)24-18-8-6-16(7-9-18)21-22-17-10-12-20-13-11-17/h2-13H,1H3. The van der Waals surface area contributed by atoms with Crippen LogP contribution in [-0.2, 0) is 0 Å². The van der Waals surface area contributed by atoms with Crippen molar-refractivity contribution < 1.29 is 9.53 Å². The number of rotatable bonds is 4. The van der Waals surface area contributed by atoms with Crippen molar-refractivity contribution in [3.8, 4) is 5.75 Å². The molecule has 0 bridgehead atoms. The van der Waals surface area contributed by atoms with Gasteiger partial charge in [-0.3, -0.25) is 4.98 Å². The Morgan fingerprint density at radius 2 is 1.42 bits per heavy atom. The van der Waals surface area contributed by atoms with Gasteiger partial charge < -0.3 is 4.74 Å². The van der Waals surface area contributed by atoms with Crippen molar-refractivity contribution in [2.45, 2.75) is 6.92 Å². The second-order valence-electron chi connectivity index (χ2n) is 5.15. The molecule has 24 heavy (non-hydrogen) atoms. The van der Waals surface area contributed by atoms with Crippen LogP contribution in [0.4, 0.5) is 11.4 Å². The molecule has 0 N–H and O–H groups in total. The molecule has 0 amide bonds. The van der Waals surface area contributed by atoms with Gasteiger partial charge in [0.25, 0.3) is 0 Å². The number of esters is 1. The zero-order valence-corrected chi connectivity index (χ0v) is 13.1. The van der Waals surface area contributed by atoms with E-state index in [1.807, 2.05) is 19.1 Å². The first-order valence-electron chi connectivity index (χ1n) is 7.41. The summed E-state index contributed by atoms with van der Waals surface area (Å²) >= 11 is 0. The van der Waals surface area contributed by atoms with Crippen molar-refractivity contribution in [2.24, 2.45) is 10.2 Å². The minimum absolute atomic E-state index is 0.388. The van der Waals surface area contributed by atoms with Gasteiger partial charge in [0, 0.05) is 12.4 Å². The maximum Gasteiger partial charge on any atom is 0.343 e. The molecule has 3 aromatic rings. The lowest BCUT2D eigenvalue weighted by atomic mass is 10.1. The van der Waals surface area contributed by atoms with E-state index in [0.717, 1.165) is 11.3 Å². The number of aryl methyl sites for hydroxylation is 1. The Bertz CT molecular complexity index is 842. The molecular weight excluding hydrogens is 302 g/mol. The third kappa shape index (κ3) is 4.10. The first kappa shape index (κ1) is 15.6. The molecule has 0 saturated carbocycles. The molecule has 0 aliphatic carbocycles. The van der Waals surface area contributed by atoms with Gasteiger partial charge in [-0.25, -0.2) is 4.79 Å². The van der Waals surface area contributed by atoms with E-state index in [9.17, 15) is 4.79 Å². The maximum atomic E-state index is 12.1. The van der Waals surface area contributed by atoms with Gasteiger partial charge in [0.05, 0.1) is 16.9 Å². The van der Waals surface area contributed by atoms with Gasteiger partial charge >= 0.3 is 5.97 Å². The SMILES string of the molecule is Cc1ccc(C(=O)Oc2ccc(N=Nc3ccncc3)cc2)cc1. The van der Waals surface area contributed by atoms with Gasteiger partial charge in [0.2, 0.25) is 0 Å². The summed E-state index contributed by atoms with van der Waals surface area (Å²) in [5.74, 6) is 0.0737. The Morgan fingerprint density at radius 1 is 0.833 bits per heavy atom. The third-order valence-corrected chi connectivity index (χ3v) is 3.28. The van der Waals surface area contributed by atoms with Crippen LogP contribution in [0.25, 0.3) is 0 Å². The second kappa shape index (κ2) is 7.28. The topological polar surface area (TPSA) is 63.9 Å². The molecule has 0 aliphatic heterocycles. The van der Waals surface area contributed by atoms with E-state index in [0.29, 0.717) is 17.0 Å². The van der Waals surface area contributed by atoms with Crippen molar-refractivity contribution in [3.63, 3.8) is 0 Å². The molecule has 1 heterocycles. The number of azo groups is 1. The van der Waals surface area contributed by atoms with Crippen LogP contribution in [0.5, 0.6) is 5.75 Å². The van der Waals surface area contributed by atoms with Gasteiger partial charge in [0.15, 0.2) is 0 Å². The van der Waals surface area contributed by atoms with Crippen LogP contribution < -0.4 is 4.74 Å². The van der Waals surface area contributed by atoms with Crippen molar-refractivity contribution in [2.75, 3.05) is 0 Å². The highest BCUT2D eigenvalue weighted by atomic mass is 16.5. The largest absolute Gasteiger partial charge is 0.423 e. The van der Waals surface area contributed by atoms with Gasteiger partial charge in [-0.2, -0.15) is 10.2 Å². The van der Waals surface area contributed by atoms with Gasteiger partial charge in [-0.05, 0) is 55.5 Å². The molecule has 0 fully saturated rings. The van der Waals surface area contributed by atoms with E-state index in [2.05, 4.69) is 15.2 Å². The van der Waals surface area contributed by atoms with E-state index in [4.69, 9.17) is 4.74 Å². The number of hydrogen-bond donors (Lipinski definition) is 0. The lowest BCUT2D eigenvalue weighted by molar-refractivity contribution is 0.0735. The number of carbonyl (C=O) groups is 1. The maximum absolute atomic E-state index is 12.1. The van der Waals surface area contributed by atoms with Crippen molar-refractivity contribution in [1.82, 2.24) is 4.98 Å². The van der Waals surface area contributed by atoms with Crippen molar-refractivity contribution >= 4 is 17.3 Å². The van der Waals surface area contributed by atoms with Crippen LogP contribution in [0.1, 0.15) is 15.9 Å². The van der Waals surface area contributed by atoms with E-state index in [1.165, 1.54) is 0 Å². The Morgan fingerprint density at radius 3 is 2.04 bits per heavy atom. The summed E-state index contributed by atoms with van der Waals surface area (Å²) in [6, 6.07) is 17.6. The lowest BCUT2D eigenvalue weighted by Crippen LogP contribution is -2.08. The first-order chi connectivity index (χ1) is 11.7. The molecule has 0 aliphatic rings. The van der Waals surface area contributed by atoms with Crippen molar-refractivity contribution in [3.05, 3.63) is 84.2 Å². The molecule has 5 nitrogen and oxygen atoms in total. The summed E-state index contributed by atoms with van der Waals surface area (Å²) in [5.41, 5.74) is 3.00. The number of aromatic nitrogens is 1. The molecule has 0 atom stereocenters. The lowest BCUT2D eigenvalue weighted by Gasteiger charge is -2.04. The monoisotopic (exact) mass is 317 g/mol. The van der Waals surface area contributed by atoms with E-state index in [-0.39, 0.29) is 5.97 Å². The van der Waals surface area contributed by atoms with Crippen LogP contribution in [0.2, 0.25) is 0 Å². The molecule has 2 aromatic carbocycles. The highest BCUT2D eigenvalue weighted by molar-refractivity contribution is 5.91. The quantitative estimate of drug-likeness (QED) is 0.385. The summed E-state index contributed by atoms with van der Waals surface area (Å²) in [4.78, 5) is 16.0. The average Bonchev–Trinajstić information content (AvgIpc) is 2.62. The molecule has 0 unspecified atom stereocenters. The number of carbonyl (C=O) groups excluding carboxylic acids is 1. The van der Waals surface area contributed by atoms with Crippen LogP contribution in [-0.4, -0.2) is 11.0 Å². The van der Waals surface area contributed by atoms with Gasteiger partial charge in [0.1, 0.15) is 5.75 Å². The first-order valence-corrected chi connectivity index (χ1v) is 7.41. The zero-order valence-electron chi connectivity index (χ0n) is 13.1. The Balaban J connectivity index is 1.65. The number of ether oxygens (including phenoxy) is 1. The molecular formula is C19H15N3O2. The number of hydrogen-bond acceptors (Lipinski definition) is 5. The highest BCUT2D eigenvalue weighted by Gasteiger charge is 2.07. The Hall–Kier alpha value is -3.34. The fourth-order valence-electron chi connectivity index (χ4n) is 1.96. The van der Waals surface area contributed by atoms with Crippen LogP contribution in [0, 0.1) is 6.92 Å².